The molecule has 1 aliphatic carbocycles. The first-order valence-corrected chi connectivity index (χ1v) is 6.90. The number of aromatic nitrogens is 1. The van der Waals surface area contributed by atoms with Gasteiger partial charge in [-0.25, -0.2) is 9.78 Å². The highest BCUT2D eigenvalue weighted by atomic mass is 16.5. The second-order valence-corrected chi connectivity index (χ2v) is 5.58. The van der Waals surface area contributed by atoms with Gasteiger partial charge < -0.3 is 20.5 Å². The molecule has 0 unspecified atom stereocenters. The van der Waals surface area contributed by atoms with E-state index < -0.39 is 6.09 Å². The molecule has 0 aromatic carbocycles. The second-order valence-electron chi connectivity index (χ2n) is 5.58. The summed E-state index contributed by atoms with van der Waals surface area (Å²) in [6, 6.07) is 1.89. The smallest absolute Gasteiger partial charge is 0.405 e. The van der Waals surface area contributed by atoms with E-state index in [1.165, 1.54) is 12.8 Å². The molecule has 0 spiro atoms. The minimum Gasteiger partial charge on any atom is -0.481 e. The number of carbonyl (C=O) groups is 1. The second kappa shape index (κ2) is 4.85. The highest BCUT2D eigenvalue weighted by Crippen LogP contribution is 2.47. The Labute approximate surface area is 117 Å². The lowest BCUT2D eigenvalue weighted by atomic mass is 9.82. The van der Waals surface area contributed by atoms with Crippen molar-refractivity contribution in [3.8, 4) is 5.88 Å². The van der Waals surface area contributed by atoms with E-state index >= 15 is 0 Å². The fourth-order valence-electron chi connectivity index (χ4n) is 3.16. The third-order valence-corrected chi connectivity index (χ3v) is 4.28. The van der Waals surface area contributed by atoms with Crippen LogP contribution < -0.4 is 15.4 Å². The van der Waals surface area contributed by atoms with Crippen molar-refractivity contribution in [3.05, 3.63) is 17.8 Å². The van der Waals surface area contributed by atoms with Crippen molar-refractivity contribution in [2.75, 3.05) is 12.4 Å². The number of ether oxygens (including phenoxy) is 1. The molecule has 0 saturated heterocycles. The van der Waals surface area contributed by atoms with Gasteiger partial charge >= 0.3 is 6.09 Å². The van der Waals surface area contributed by atoms with Crippen molar-refractivity contribution in [3.63, 3.8) is 0 Å². The molecule has 6 heteroatoms. The van der Waals surface area contributed by atoms with Gasteiger partial charge in [0.25, 0.3) is 0 Å². The molecule has 3 rings (SSSR count). The van der Waals surface area contributed by atoms with Crippen molar-refractivity contribution in [2.24, 2.45) is 11.8 Å². The number of amides is 1. The van der Waals surface area contributed by atoms with Crippen LogP contribution in [-0.2, 0) is 0 Å². The number of hydrogen-bond donors (Lipinski definition) is 3. The Morgan fingerprint density at radius 2 is 2.30 bits per heavy atom. The number of nitrogens with zero attached hydrogens (tertiary/aromatic N) is 1. The van der Waals surface area contributed by atoms with Gasteiger partial charge in [0.15, 0.2) is 0 Å². The fourth-order valence-corrected chi connectivity index (χ4v) is 3.16. The van der Waals surface area contributed by atoms with Gasteiger partial charge in [0.1, 0.15) is 0 Å². The number of fused-ring (bicyclic) bond motifs is 1. The predicted molar refractivity (Wildman–Crippen MR) is 74.0 cm³/mol. The van der Waals surface area contributed by atoms with Crippen LogP contribution in [0.3, 0.4) is 0 Å². The summed E-state index contributed by atoms with van der Waals surface area (Å²) in [6.07, 6.45) is 3.08. The van der Waals surface area contributed by atoms with Gasteiger partial charge in [-0.3, -0.25) is 0 Å². The zero-order chi connectivity index (χ0) is 14.3. The summed E-state index contributed by atoms with van der Waals surface area (Å²) >= 11 is 0. The van der Waals surface area contributed by atoms with Crippen LogP contribution in [0.1, 0.15) is 31.4 Å². The van der Waals surface area contributed by atoms with E-state index in [-0.39, 0.29) is 12.0 Å². The van der Waals surface area contributed by atoms with Gasteiger partial charge in [0.2, 0.25) is 5.88 Å². The lowest BCUT2D eigenvalue weighted by Crippen LogP contribution is -2.44. The highest BCUT2D eigenvalue weighted by Gasteiger charge is 2.43. The Balaban J connectivity index is 2.03. The molecule has 0 bridgehead atoms. The lowest BCUT2D eigenvalue weighted by Gasteiger charge is -2.39. The number of rotatable bonds is 3. The van der Waals surface area contributed by atoms with Gasteiger partial charge in [0, 0.05) is 23.8 Å². The van der Waals surface area contributed by atoms with Crippen molar-refractivity contribution in [2.45, 2.75) is 31.8 Å². The molecule has 3 atom stereocenters. The number of carboxylic acid groups (broad SMARTS) is 1. The van der Waals surface area contributed by atoms with Gasteiger partial charge in [-0.2, -0.15) is 0 Å². The zero-order valence-electron chi connectivity index (χ0n) is 11.6. The zero-order valence-corrected chi connectivity index (χ0v) is 11.6. The summed E-state index contributed by atoms with van der Waals surface area (Å²) in [5, 5.41) is 15.3. The molecule has 0 radical (unpaired) electrons. The molecule has 1 aliphatic heterocycles. The van der Waals surface area contributed by atoms with Crippen LogP contribution in [0.2, 0.25) is 0 Å². The van der Waals surface area contributed by atoms with Crippen LogP contribution >= 0.6 is 0 Å². The van der Waals surface area contributed by atoms with Crippen LogP contribution in [0, 0.1) is 11.8 Å². The number of hydrogen-bond acceptors (Lipinski definition) is 4. The van der Waals surface area contributed by atoms with E-state index in [1.807, 2.05) is 6.07 Å². The topological polar surface area (TPSA) is 83.5 Å². The average molecular weight is 277 g/mol. The molecule has 1 saturated carbocycles. The van der Waals surface area contributed by atoms with E-state index in [0.717, 1.165) is 11.3 Å². The molecule has 108 valence electrons. The standard InChI is InChI=1S/C14H19N3O3/c1-7-11(8-3-4-8)16-9-5-6-15-13(20-2)10(9)12(7)17-14(18)19/h5-8,11-12,16-17H,3-4H2,1-2H3,(H,18,19)/t7-,11+,12-/m1/s1. The van der Waals surface area contributed by atoms with E-state index in [4.69, 9.17) is 9.84 Å². The summed E-state index contributed by atoms with van der Waals surface area (Å²) < 4.78 is 5.30. The number of pyridine rings is 1. The first kappa shape index (κ1) is 13.0. The molecule has 1 aromatic rings. The SMILES string of the molecule is COc1nccc2c1[C@H](NC(=O)O)[C@H](C)[C@@H](C1CC1)N2. The minimum atomic E-state index is -1.02. The maximum absolute atomic E-state index is 11.1. The Bertz CT molecular complexity index is 530. The van der Waals surface area contributed by atoms with Crippen LogP contribution in [0.15, 0.2) is 12.3 Å². The monoisotopic (exact) mass is 277 g/mol. The van der Waals surface area contributed by atoms with Crippen molar-refractivity contribution < 1.29 is 14.6 Å². The third kappa shape index (κ3) is 2.15. The lowest BCUT2D eigenvalue weighted by molar-refractivity contribution is 0.181. The Morgan fingerprint density at radius 3 is 2.90 bits per heavy atom. The molecule has 20 heavy (non-hydrogen) atoms. The molecular weight excluding hydrogens is 258 g/mol. The summed E-state index contributed by atoms with van der Waals surface area (Å²) in [6.45, 7) is 2.08. The highest BCUT2D eigenvalue weighted by molar-refractivity contribution is 5.68. The Hall–Kier alpha value is -1.98. The first-order chi connectivity index (χ1) is 9.61. The predicted octanol–water partition coefficient (Wildman–Crippen LogP) is 2.24. The van der Waals surface area contributed by atoms with Crippen molar-refractivity contribution >= 4 is 11.8 Å². The number of anilines is 1. The van der Waals surface area contributed by atoms with Gasteiger partial charge in [0.05, 0.1) is 18.7 Å². The fraction of sp³-hybridized carbons (Fsp3) is 0.571. The maximum atomic E-state index is 11.1. The van der Waals surface area contributed by atoms with Gasteiger partial charge in [-0.05, 0) is 24.8 Å². The third-order valence-electron chi connectivity index (χ3n) is 4.28. The molecule has 1 aromatic heterocycles. The van der Waals surface area contributed by atoms with Crippen molar-refractivity contribution in [1.29, 1.82) is 0 Å². The van der Waals surface area contributed by atoms with Gasteiger partial charge in [-0.1, -0.05) is 6.92 Å². The maximum Gasteiger partial charge on any atom is 0.405 e. The average Bonchev–Trinajstić information content (AvgIpc) is 3.24. The molecular formula is C14H19N3O3. The van der Waals surface area contributed by atoms with Crippen LogP contribution in [0.25, 0.3) is 0 Å². The Kier molecular flexibility index (Phi) is 3.16. The minimum absolute atomic E-state index is 0.157. The molecule has 2 aliphatic rings. The molecule has 1 fully saturated rings. The summed E-state index contributed by atoms with van der Waals surface area (Å²) in [5.41, 5.74) is 1.73. The van der Waals surface area contributed by atoms with Crippen LogP contribution in [-0.4, -0.2) is 29.3 Å². The Morgan fingerprint density at radius 1 is 1.55 bits per heavy atom. The van der Waals surface area contributed by atoms with Crippen LogP contribution in [0.4, 0.5) is 10.5 Å². The summed E-state index contributed by atoms with van der Waals surface area (Å²) in [7, 11) is 1.55. The number of methoxy groups -OCH3 is 1. The van der Waals surface area contributed by atoms with Gasteiger partial charge in [-0.15, -0.1) is 0 Å². The normalized spacial score (nSPS) is 28.2. The van der Waals surface area contributed by atoms with E-state index in [9.17, 15) is 4.79 Å². The van der Waals surface area contributed by atoms with Crippen LogP contribution in [0.5, 0.6) is 5.88 Å². The summed E-state index contributed by atoms with van der Waals surface area (Å²) in [5.74, 6) is 1.27. The van der Waals surface area contributed by atoms with E-state index in [0.29, 0.717) is 17.8 Å². The van der Waals surface area contributed by atoms with E-state index in [2.05, 4.69) is 22.5 Å². The molecule has 2 heterocycles. The molecule has 6 nitrogen and oxygen atoms in total. The number of nitrogens with one attached hydrogen (secondary N) is 2. The van der Waals surface area contributed by atoms with E-state index in [1.54, 1.807) is 13.3 Å². The quantitative estimate of drug-likeness (QED) is 0.789. The first-order valence-electron chi connectivity index (χ1n) is 6.90. The largest absolute Gasteiger partial charge is 0.481 e. The summed E-state index contributed by atoms with van der Waals surface area (Å²) in [4.78, 5) is 15.3. The molecule has 3 N–H and O–H groups in total. The van der Waals surface area contributed by atoms with Crippen molar-refractivity contribution in [1.82, 2.24) is 10.3 Å². The molecule has 1 amide bonds.